The molecule has 0 aliphatic heterocycles. The normalized spacial score (nSPS) is 17.1. The van der Waals surface area contributed by atoms with Gasteiger partial charge in [-0.1, -0.05) is 19.9 Å². The van der Waals surface area contributed by atoms with Crippen LogP contribution in [-0.4, -0.2) is 23.6 Å². The molecule has 25 heavy (non-hydrogen) atoms. The molecule has 1 aromatic rings. The lowest BCUT2D eigenvalue weighted by Gasteiger charge is -2.29. The van der Waals surface area contributed by atoms with E-state index < -0.39 is 18.0 Å². The van der Waals surface area contributed by atoms with Crippen LogP contribution in [0.4, 0.5) is 8.78 Å². The van der Waals surface area contributed by atoms with Gasteiger partial charge in [-0.15, -0.1) is 0 Å². The second-order valence-electron chi connectivity index (χ2n) is 7.16. The van der Waals surface area contributed by atoms with Gasteiger partial charge in [0, 0.05) is 6.42 Å². The molecule has 0 spiro atoms. The Hall–Kier alpha value is -2.18. The van der Waals surface area contributed by atoms with Gasteiger partial charge in [-0.2, -0.15) is 8.78 Å². The van der Waals surface area contributed by atoms with E-state index in [0.29, 0.717) is 0 Å². The van der Waals surface area contributed by atoms with Gasteiger partial charge in [-0.3, -0.25) is 9.59 Å². The second kappa shape index (κ2) is 7.80. The molecule has 138 valence electrons. The first-order valence-electron chi connectivity index (χ1n) is 8.25. The molecule has 0 saturated carbocycles. The number of carboxylic acids is 1. The first-order valence-corrected chi connectivity index (χ1v) is 8.25. The molecule has 1 atom stereocenters. The van der Waals surface area contributed by atoms with E-state index >= 15 is 0 Å². The van der Waals surface area contributed by atoms with Crippen molar-refractivity contribution in [2.24, 2.45) is 5.41 Å². The van der Waals surface area contributed by atoms with Crippen LogP contribution in [0.1, 0.15) is 56.7 Å². The third-order valence-electron chi connectivity index (χ3n) is 4.26. The number of fused-ring (bicyclic) bond motifs is 1. The summed E-state index contributed by atoms with van der Waals surface area (Å²) < 4.78 is 29.1. The zero-order valence-electron chi connectivity index (χ0n) is 14.4. The summed E-state index contributed by atoms with van der Waals surface area (Å²) in [4.78, 5) is 23.2. The van der Waals surface area contributed by atoms with Crippen molar-refractivity contribution in [1.29, 1.82) is 0 Å². The van der Waals surface area contributed by atoms with E-state index in [9.17, 15) is 18.4 Å². The predicted octanol–water partition coefficient (Wildman–Crippen LogP) is 3.67. The third-order valence-corrected chi connectivity index (χ3v) is 4.26. The Bertz CT molecular complexity index is 646. The lowest BCUT2D eigenvalue weighted by Crippen LogP contribution is -2.34. The Morgan fingerprint density at radius 3 is 2.72 bits per heavy atom. The molecule has 7 heteroatoms. The van der Waals surface area contributed by atoms with Crippen LogP contribution < -0.4 is 10.1 Å². The maximum atomic E-state index is 12.3. The van der Waals surface area contributed by atoms with Crippen molar-refractivity contribution >= 4 is 11.9 Å². The average Bonchev–Trinajstić information content (AvgIpc) is 2.44. The lowest BCUT2D eigenvalue weighted by molar-refractivity contribution is -0.139. The van der Waals surface area contributed by atoms with Gasteiger partial charge >= 0.3 is 12.6 Å². The van der Waals surface area contributed by atoms with Crippen LogP contribution in [0.15, 0.2) is 18.2 Å². The Morgan fingerprint density at radius 1 is 1.36 bits per heavy atom. The molecule has 1 unspecified atom stereocenters. The molecule has 1 aromatic carbocycles. The summed E-state index contributed by atoms with van der Waals surface area (Å²) in [6.45, 7) is 0.612. The van der Waals surface area contributed by atoms with Crippen molar-refractivity contribution in [3.05, 3.63) is 29.3 Å². The van der Waals surface area contributed by atoms with Crippen molar-refractivity contribution in [3.63, 3.8) is 0 Å². The molecule has 2 N–H and O–H groups in total. The quantitative estimate of drug-likeness (QED) is 0.782. The number of hydrogen-bond donors (Lipinski definition) is 2. The summed E-state index contributed by atoms with van der Waals surface area (Å²) in [5.41, 5.74) is 1.15. The monoisotopic (exact) mass is 355 g/mol. The minimum absolute atomic E-state index is 0.0873. The number of amides is 1. The highest BCUT2D eigenvalue weighted by Gasteiger charge is 2.28. The summed E-state index contributed by atoms with van der Waals surface area (Å²) >= 11 is 0. The van der Waals surface area contributed by atoms with E-state index in [0.717, 1.165) is 30.4 Å². The fourth-order valence-electron chi connectivity index (χ4n) is 3.27. The smallest absolute Gasteiger partial charge is 0.387 e. The molecular formula is C18H23F2NO4. The molecule has 1 aliphatic carbocycles. The zero-order chi connectivity index (χ0) is 18.6. The lowest BCUT2D eigenvalue weighted by atomic mass is 9.84. The molecule has 1 amide bonds. The van der Waals surface area contributed by atoms with Crippen LogP contribution in [0.5, 0.6) is 5.75 Å². The van der Waals surface area contributed by atoms with Gasteiger partial charge in [0.2, 0.25) is 5.91 Å². The highest BCUT2D eigenvalue weighted by Crippen LogP contribution is 2.33. The van der Waals surface area contributed by atoms with E-state index in [2.05, 4.69) is 10.1 Å². The molecule has 5 nitrogen and oxygen atoms in total. The number of aryl methyl sites for hydroxylation is 1. The molecule has 0 bridgehead atoms. The maximum Gasteiger partial charge on any atom is 0.387 e. The minimum atomic E-state index is -2.87. The molecule has 0 saturated heterocycles. The van der Waals surface area contributed by atoms with Crippen LogP contribution in [0.2, 0.25) is 0 Å². The Balaban J connectivity index is 2.05. The fraction of sp³-hybridized carbons (Fsp3) is 0.556. The number of aliphatic carboxylic acids is 1. The zero-order valence-corrected chi connectivity index (χ0v) is 14.4. The summed E-state index contributed by atoms with van der Waals surface area (Å²) in [7, 11) is 0. The van der Waals surface area contributed by atoms with Gasteiger partial charge in [-0.25, -0.2) is 0 Å². The molecule has 2 rings (SSSR count). The van der Waals surface area contributed by atoms with Crippen molar-refractivity contribution < 1.29 is 28.2 Å². The van der Waals surface area contributed by atoms with Gasteiger partial charge in [0.25, 0.3) is 0 Å². The first-order chi connectivity index (χ1) is 11.7. The van der Waals surface area contributed by atoms with Gasteiger partial charge < -0.3 is 15.2 Å². The van der Waals surface area contributed by atoms with Crippen LogP contribution in [0.25, 0.3) is 0 Å². The molecule has 0 radical (unpaired) electrons. The maximum absolute atomic E-state index is 12.3. The number of halogens is 2. The highest BCUT2D eigenvalue weighted by molar-refractivity contribution is 5.78. The molecule has 0 heterocycles. The number of rotatable bonds is 7. The topological polar surface area (TPSA) is 75.6 Å². The van der Waals surface area contributed by atoms with Crippen molar-refractivity contribution in [2.45, 2.75) is 58.6 Å². The first kappa shape index (κ1) is 19.1. The van der Waals surface area contributed by atoms with Crippen molar-refractivity contribution in [2.75, 3.05) is 0 Å². The van der Waals surface area contributed by atoms with Gasteiger partial charge in [0.1, 0.15) is 5.75 Å². The summed E-state index contributed by atoms with van der Waals surface area (Å²) in [6.07, 6.45) is 2.35. The van der Waals surface area contributed by atoms with Gasteiger partial charge in [0.05, 0.1) is 12.5 Å². The Labute approximate surface area is 145 Å². The highest BCUT2D eigenvalue weighted by atomic mass is 19.3. The van der Waals surface area contributed by atoms with Crippen LogP contribution in [0, 0.1) is 5.41 Å². The van der Waals surface area contributed by atoms with Gasteiger partial charge in [0.15, 0.2) is 0 Å². The summed E-state index contributed by atoms with van der Waals surface area (Å²) in [6, 6.07) is 4.58. The number of carboxylic acid groups (broad SMARTS) is 1. The van der Waals surface area contributed by atoms with E-state index in [4.69, 9.17) is 5.11 Å². The summed E-state index contributed by atoms with van der Waals surface area (Å²) in [5, 5.41) is 11.8. The molecule has 1 aliphatic rings. The number of carbonyl (C=O) groups excluding carboxylic acids is 1. The largest absolute Gasteiger partial charge is 0.481 e. The van der Waals surface area contributed by atoms with E-state index in [1.54, 1.807) is 26.0 Å². The van der Waals surface area contributed by atoms with Crippen molar-refractivity contribution in [3.8, 4) is 5.75 Å². The fourth-order valence-corrected chi connectivity index (χ4v) is 3.27. The second-order valence-corrected chi connectivity index (χ2v) is 7.16. The standard InChI is InChI=1S/C18H23F2NO4/c1-18(2,10-16(23)24)9-15(22)21-14-5-3-4-11-8-12(25-17(19)20)6-7-13(11)14/h6-8,14,17H,3-5,9-10H2,1-2H3,(H,21,22)(H,23,24). The van der Waals surface area contributed by atoms with E-state index in [1.165, 1.54) is 6.07 Å². The number of carbonyl (C=O) groups is 2. The van der Waals surface area contributed by atoms with E-state index in [-0.39, 0.29) is 30.5 Å². The summed E-state index contributed by atoms with van der Waals surface area (Å²) in [5.74, 6) is -1.03. The predicted molar refractivity (Wildman–Crippen MR) is 87.5 cm³/mol. The minimum Gasteiger partial charge on any atom is -0.481 e. The van der Waals surface area contributed by atoms with Crippen molar-refractivity contribution in [1.82, 2.24) is 5.32 Å². The number of hydrogen-bond acceptors (Lipinski definition) is 3. The van der Waals surface area contributed by atoms with Crippen LogP contribution in [0.3, 0.4) is 0 Å². The van der Waals surface area contributed by atoms with Gasteiger partial charge in [-0.05, 0) is 47.9 Å². The third kappa shape index (κ3) is 5.69. The SMILES string of the molecule is CC(C)(CC(=O)O)CC(=O)NC1CCCc2cc(OC(F)F)ccc21. The Kier molecular flexibility index (Phi) is 5.98. The van der Waals surface area contributed by atoms with Crippen LogP contribution in [-0.2, 0) is 16.0 Å². The molecule has 0 fully saturated rings. The molecule has 0 aromatic heterocycles. The van der Waals surface area contributed by atoms with Crippen LogP contribution >= 0.6 is 0 Å². The Morgan fingerprint density at radius 2 is 2.08 bits per heavy atom. The average molecular weight is 355 g/mol. The number of nitrogens with one attached hydrogen (secondary N) is 1. The molecular weight excluding hydrogens is 332 g/mol. The number of ether oxygens (including phenoxy) is 1. The number of benzene rings is 1. The number of alkyl halides is 2. The van der Waals surface area contributed by atoms with E-state index in [1.807, 2.05) is 0 Å².